The van der Waals surface area contributed by atoms with Gasteiger partial charge < -0.3 is 10.2 Å². The molecule has 1 aliphatic heterocycles. The van der Waals surface area contributed by atoms with E-state index in [2.05, 4.69) is 31.1 Å². The van der Waals surface area contributed by atoms with Crippen molar-refractivity contribution in [3.05, 3.63) is 0 Å². The second-order valence-electron chi connectivity index (χ2n) is 5.32. The first-order valence-electron chi connectivity index (χ1n) is 6.15. The average Bonchev–Trinajstić information content (AvgIpc) is 2.40. The maximum Gasteiger partial charge on any atom is 0.0235 e. The summed E-state index contributed by atoms with van der Waals surface area (Å²) in [6.07, 6.45) is 4.21. The summed E-state index contributed by atoms with van der Waals surface area (Å²) in [5, 5.41) is 3.85. The first-order valence-corrected chi connectivity index (χ1v) is 6.15. The van der Waals surface area contributed by atoms with Crippen molar-refractivity contribution in [2.75, 3.05) is 20.1 Å². The van der Waals surface area contributed by atoms with Crippen molar-refractivity contribution in [1.82, 2.24) is 10.2 Å². The van der Waals surface area contributed by atoms with E-state index >= 15 is 0 Å². The molecule has 2 fully saturated rings. The number of hydrogen-bond donors (Lipinski definition) is 1. The van der Waals surface area contributed by atoms with E-state index in [1.165, 1.54) is 32.4 Å². The SMILES string of the molecule is CCC1CCC1NC1CN(C)CC1C. The summed E-state index contributed by atoms with van der Waals surface area (Å²) in [5.41, 5.74) is 0. The minimum Gasteiger partial charge on any atom is -0.309 e. The van der Waals surface area contributed by atoms with Crippen LogP contribution in [0.1, 0.15) is 33.1 Å². The van der Waals surface area contributed by atoms with E-state index in [0.717, 1.165) is 23.9 Å². The molecule has 0 aromatic carbocycles. The van der Waals surface area contributed by atoms with Gasteiger partial charge in [0.05, 0.1) is 0 Å². The van der Waals surface area contributed by atoms with Crippen molar-refractivity contribution in [1.29, 1.82) is 0 Å². The standard InChI is InChI=1S/C12H24N2/c1-4-10-5-6-11(10)13-12-8-14(3)7-9(12)2/h9-13H,4-8H2,1-3H3. The molecule has 2 aliphatic rings. The van der Waals surface area contributed by atoms with Crippen LogP contribution in [0.4, 0.5) is 0 Å². The quantitative estimate of drug-likeness (QED) is 0.739. The molecule has 14 heavy (non-hydrogen) atoms. The lowest BCUT2D eigenvalue weighted by Gasteiger charge is -2.39. The second kappa shape index (κ2) is 4.19. The summed E-state index contributed by atoms with van der Waals surface area (Å²) >= 11 is 0. The van der Waals surface area contributed by atoms with Crippen molar-refractivity contribution in [2.24, 2.45) is 11.8 Å². The van der Waals surface area contributed by atoms with Gasteiger partial charge in [-0.05, 0) is 31.7 Å². The Morgan fingerprint density at radius 3 is 2.43 bits per heavy atom. The largest absolute Gasteiger partial charge is 0.309 e. The highest BCUT2D eigenvalue weighted by atomic mass is 15.2. The fourth-order valence-corrected chi connectivity index (χ4v) is 2.98. The van der Waals surface area contributed by atoms with Gasteiger partial charge in [-0.1, -0.05) is 20.3 Å². The van der Waals surface area contributed by atoms with Crippen molar-refractivity contribution in [3.63, 3.8) is 0 Å². The average molecular weight is 196 g/mol. The van der Waals surface area contributed by atoms with Crippen LogP contribution in [0.25, 0.3) is 0 Å². The first kappa shape index (κ1) is 10.4. The highest BCUT2D eigenvalue weighted by molar-refractivity contribution is 4.93. The van der Waals surface area contributed by atoms with Gasteiger partial charge in [-0.2, -0.15) is 0 Å². The Hall–Kier alpha value is -0.0800. The normalized spacial score (nSPS) is 43.9. The third-order valence-electron chi connectivity index (χ3n) is 4.16. The monoisotopic (exact) mass is 196 g/mol. The summed E-state index contributed by atoms with van der Waals surface area (Å²) < 4.78 is 0. The number of nitrogens with one attached hydrogen (secondary N) is 1. The summed E-state index contributed by atoms with van der Waals surface area (Å²) in [6.45, 7) is 7.21. The van der Waals surface area contributed by atoms with E-state index in [-0.39, 0.29) is 0 Å². The Kier molecular flexibility index (Phi) is 3.13. The zero-order chi connectivity index (χ0) is 10.1. The molecule has 0 amide bonds. The maximum atomic E-state index is 3.85. The number of rotatable bonds is 3. The number of likely N-dealkylation sites (N-methyl/N-ethyl adjacent to an activating group) is 1. The van der Waals surface area contributed by atoms with Gasteiger partial charge in [0.1, 0.15) is 0 Å². The molecular weight excluding hydrogens is 172 g/mol. The molecule has 0 spiro atoms. The van der Waals surface area contributed by atoms with Crippen LogP contribution >= 0.6 is 0 Å². The lowest BCUT2D eigenvalue weighted by atomic mass is 9.77. The topological polar surface area (TPSA) is 15.3 Å². The van der Waals surface area contributed by atoms with E-state index in [0.29, 0.717) is 0 Å². The molecule has 4 atom stereocenters. The maximum absolute atomic E-state index is 3.85. The zero-order valence-electron chi connectivity index (χ0n) is 9.79. The number of hydrogen-bond acceptors (Lipinski definition) is 2. The van der Waals surface area contributed by atoms with E-state index in [9.17, 15) is 0 Å². The minimum atomic E-state index is 0.749. The molecule has 1 aliphatic carbocycles. The number of likely N-dealkylation sites (tertiary alicyclic amines) is 1. The fraction of sp³-hybridized carbons (Fsp3) is 1.00. The molecule has 1 N–H and O–H groups in total. The molecule has 0 radical (unpaired) electrons. The Balaban J connectivity index is 1.80. The van der Waals surface area contributed by atoms with Crippen LogP contribution < -0.4 is 5.32 Å². The lowest BCUT2D eigenvalue weighted by molar-refractivity contribution is 0.179. The van der Waals surface area contributed by atoms with Gasteiger partial charge in [0.15, 0.2) is 0 Å². The Labute approximate surface area is 88.1 Å². The predicted molar refractivity (Wildman–Crippen MR) is 60.4 cm³/mol. The molecule has 1 heterocycles. The van der Waals surface area contributed by atoms with Gasteiger partial charge in [0.25, 0.3) is 0 Å². The van der Waals surface area contributed by atoms with Crippen LogP contribution in [0, 0.1) is 11.8 Å². The van der Waals surface area contributed by atoms with Crippen molar-refractivity contribution < 1.29 is 0 Å². The molecule has 0 bridgehead atoms. The minimum absolute atomic E-state index is 0.749. The van der Waals surface area contributed by atoms with Crippen molar-refractivity contribution in [2.45, 2.75) is 45.2 Å². The molecular formula is C12H24N2. The molecule has 1 saturated carbocycles. The van der Waals surface area contributed by atoms with Crippen LogP contribution in [0.15, 0.2) is 0 Å². The highest BCUT2D eigenvalue weighted by Gasteiger charge is 2.34. The van der Waals surface area contributed by atoms with E-state index in [4.69, 9.17) is 0 Å². The predicted octanol–water partition coefficient (Wildman–Crippen LogP) is 1.71. The summed E-state index contributed by atoms with van der Waals surface area (Å²) in [4.78, 5) is 2.45. The summed E-state index contributed by atoms with van der Waals surface area (Å²) in [5.74, 6) is 1.80. The van der Waals surface area contributed by atoms with E-state index < -0.39 is 0 Å². The molecule has 2 heteroatoms. The van der Waals surface area contributed by atoms with Crippen LogP contribution in [0.2, 0.25) is 0 Å². The molecule has 82 valence electrons. The Bertz CT molecular complexity index is 191. The van der Waals surface area contributed by atoms with Crippen LogP contribution in [-0.2, 0) is 0 Å². The first-order chi connectivity index (χ1) is 6.70. The molecule has 2 nitrogen and oxygen atoms in total. The molecule has 4 unspecified atom stereocenters. The molecule has 1 saturated heterocycles. The van der Waals surface area contributed by atoms with Crippen LogP contribution in [-0.4, -0.2) is 37.1 Å². The van der Waals surface area contributed by atoms with E-state index in [1.807, 2.05) is 0 Å². The van der Waals surface area contributed by atoms with Crippen LogP contribution in [0.5, 0.6) is 0 Å². The second-order valence-corrected chi connectivity index (χ2v) is 5.32. The van der Waals surface area contributed by atoms with Gasteiger partial charge in [0.2, 0.25) is 0 Å². The van der Waals surface area contributed by atoms with Gasteiger partial charge in [0, 0.05) is 25.2 Å². The zero-order valence-corrected chi connectivity index (χ0v) is 9.79. The van der Waals surface area contributed by atoms with Gasteiger partial charge in [-0.15, -0.1) is 0 Å². The highest BCUT2D eigenvalue weighted by Crippen LogP contribution is 2.31. The van der Waals surface area contributed by atoms with Crippen molar-refractivity contribution >= 4 is 0 Å². The number of nitrogens with zero attached hydrogens (tertiary/aromatic N) is 1. The van der Waals surface area contributed by atoms with Gasteiger partial charge >= 0.3 is 0 Å². The van der Waals surface area contributed by atoms with Crippen LogP contribution in [0.3, 0.4) is 0 Å². The summed E-state index contributed by atoms with van der Waals surface area (Å²) in [6, 6.07) is 1.58. The van der Waals surface area contributed by atoms with Crippen molar-refractivity contribution in [3.8, 4) is 0 Å². The van der Waals surface area contributed by atoms with Gasteiger partial charge in [-0.3, -0.25) is 0 Å². The smallest absolute Gasteiger partial charge is 0.0235 e. The fourth-order valence-electron chi connectivity index (χ4n) is 2.98. The lowest BCUT2D eigenvalue weighted by Crippen LogP contribution is -2.50. The summed E-state index contributed by atoms with van der Waals surface area (Å²) in [7, 11) is 2.23. The van der Waals surface area contributed by atoms with Gasteiger partial charge in [-0.25, -0.2) is 0 Å². The Morgan fingerprint density at radius 1 is 1.21 bits per heavy atom. The molecule has 0 aromatic rings. The molecule has 0 aromatic heterocycles. The third kappa shape index (κ3) is 1.96. The molecule has 2 rings (SSSR count). The third-order valence-corrected chi connectivity index (χ3v) is 4.16. The Morgan fingerprint density at radius 2 is 2.00 bits per heavy atom. The van der Waals surface area contributed by atoms with E-state index in [1.54, 1.807) is 0 Å².